The summed E-state index contributed by atoms with van der Waals surface area (Å²) in [5, 5.41) is 5.07. The van der Waals surface area contributed by atoms with Crippen molar-refractivity contribution in [2.45, 2.75) is 0 Å². The first-order valence-electron chi connectivity index (χ1n) is 7.80. The number of fused-ring (bicyclic) bond motifs is 1. The number of nitrogens with two attached hydrogens (primary N) is 1. The van der Waals surface area contributed by atoms with Crippen LogP contribution in [0.1, 0.15) is 10.5 Å². The van der Waals surface area contributed by atoms with Gasteiger partial charge in [0.2, 0.25) is 0 Å². The van der Waals surface area contributed by atoms with Gasteiger partial charge in [0.25, 0.3) is 5.91 Å². The predicted molar refractivity (Wildman–Crippen MR) is 90.4 cm³/mol. The Labute approximate surface area is 138 Å². The third-order valence-corrected chi connectivity index (χ3v) is 4.19. The maximum atomic E-state index is 11.6. The molecule has 122 valence electrons. The van der Waals surface area contributed by atoms with Gasteiger partial charge in [-0.2, -0.15) is 5.10 Å². The first kappa shape index (κ1) is 14.6. The minimum Gasteiger partial charge on any atom is -0.378 e. The van der Waals surface area contributed by atoms with Crippen LogP contribution in [0.3, 0.4) is 0 Å². The van der Waals surface area contributed by atoms with Gasteiger partial charge in [0.05, 0.1) is 30.6 Å². The Morgan fingerprint density at radius 1 is 1.08 bits per heavy atom. The summed E-state index contributed by atoms with van der Waals surface area (Å²) in [5.41, 5.74) is 8.45. The normalized spacial score (nSPS) is 14.9. The molecule has 1 saturated heterocycles. The molecule has 3 aromatic rings. The lowest BCUT2D eigenvalue weighted by Gasteiger charge is -2.28. The van der Waals surface area contributed by atoms with Gasteiger partial charge in [0.1, 0.15) is 0 Å². The van der Waals surface area contributed by atoms with Gasteiger partial charge in [-0.25, -0.2) is 4.68 Å². The van der Waals surface area contributed by atoms with Crippen molar-refractivity contribution >= 4 is 22.5 Å². The second kappa shape index (κ2) is 5.93. The highest BCUT2D eigenvalue weighted by Gasteiger charge is 2.16. The van der Waals surface area contributed by atoms with Gasteiger partial charge in [-0.3, -0.25) is 9.78 Å². The number of primary amides is 1. The number of benzene rings is 1. The number of aromatic nitrogens is 3. The van der Waals surface area contributed by atoms with Gasteiger partial charge in [-0.1, -0.05) is 0 Å². The number of anilines is 1. The minimum absolute atomic E-state index is 0.254. The Morgan fingerprint density at radius 2 is 1.79 bits per heavy atom. The molecule has 0 saturated carbocycles. The van der Waals surface area contributed by atoms with Gasteiger partial charge in [-0.05, 0) is 30.3 Å². The van der Waals surface area contributed by atoms with Crippen molar-refractivity contribution in [1.29, 1.82) is 0 Å². The molecule has 0 aliphatic carbocycles. The second-order valence-corrected chi connectivity index (χ2v) is 5.63. The van der Waals surface area contributed by atoms with E-state index >= 15 is 0 Å². The molecule has 0 radical (unpaired) electrons. The van der Waals surface area contributed by atoms with Crippen LogP contribution in [0.5, 0.6) is 0 Å². The van der Waals surface area contributed by atoms with Gasteiger partial charge < -0.3 is 15.4 Å². The number of hydrogen-bond acceptors (Lipinski definition) is 5. The van der Waals surface area contributed by atoms with Crippen molar-refractivity contribution in [3.8, 4) is 5.69 Å². The summed E-state index contributed by atoms with van der Waals surface area (Å²) >= 11 is 0. The largest absolute Gasteiger partial charge is 0.378 e. The molecule has 4 rings (SSSR count). The fraction of sp³-hybridized carbons (Fsp3) is 0.235. The number of pyridine rings is 1. The van der Waals surface area contributed by atoms with Crippen LogP contribution in [-0.2, 0) is 4.74 Å². The summed E-state index contributed by atoms with van der Waals surface area (Å²) in [7, 11) is 0. The molecule has 0 bridgehead atoms. The number of hydrogen-bond donors (Lipinski definition) is 1. The molecule has 7 heteroatoms. The zero-order chi connectivity index (χ0) is 16.5. The zero-order valence-corrected chi connectivity index (χ0v) is 13.1. The maximum Gasteiger partial charge on any atom is 0.269 e. The molecular formula is C17H17N5O2. The van der Waals surface area contributed by atoms with Gasteiger partial charge >= 0.3 is 0 Å². The number of nitrogens with zero attached hydrogens (tertiary/aromatic N) is 4. The molecule has 2 aromatic heterocycles. The van der Waals surface area contributed by atoms with Gasteiger partial charge in [0.15, 0.2) is 5.69 Å². The molecule has 24 heavy (non-hydrogen) atoms. The number of rotatable bonds is 3. The predicted octanol–water partition coefficient (Wildman–Crippen LogP) is 1.36. The highest BCUT2D eigenvalue weighted by Crippen LogP contribution is 2.23. The Kier molecular flexibility index (Phi) is 3.62. The van der Waals surface area contributed by atoms with Crippen LogP contribution in [0.2, 0.25) is 0 Å². The van der Waals surface area contributed by atoms with Crippen LogP contribution in [0, 0.1) is 0 Å². The molecule has 1 aliphatic rings. The summed E-state index contributed by atoms with van der Waals surface area (Å²) in [6, 6.07) is 9.81. The molecule has 1 aromatic carbocycles. The number of carbonyl (C=O) groups is 1. The van der Waals surface area contributed by atoms with Crippen molar-refractivity contribution in [2.24, 2.45) is 5.73 Å². The lowest BCUT2D eigenvalue weighted by atomic mass is 10.2. The summed E-state index contributed by atoms with van der Waals surface area (Å²) in [5.74, 6) is -0.546. The third kappa shape index (κ3) is 2.48. The third-order valence-electron chi connectivity index (χ3n) is 4.19. The van der Waals surface area contributed by atoms with E-state index in [2.05, 4.69) is 27.1 Å². The molecule has 1 amide bonds. The molecule has 1 aliphatic heterocycles. The van der Waals surface area contributed by atoms with Crippen LogP contribution >= 0.6 is 0 Å². The lowest BCUT2D eigenvalue weighted by Crippen LogP contribution is -2.36. The van der Waals surface area contributed by atoms with Crippen molar-refractivity contribution in [1.82, 2.24) is 14.8 Å². The SMILES string of the molecule is NC(=O)c1nn(-c2ccc(N3CCOCC3)cc2)c2cnccc12. The molecular weight excluding hydrogens is 306 g/mol. The van der Waals surface area contributed by atoms with E-state index in [-0.39, 0.29) is 5.69 Å². The van der Waals surface area contributed by atoms with Gasteiger partial charge in [-0.15, -0.1) is 0 Å². The van der Waals surface area contributed by atoms with Crippen LogP contribution in [-0.4, -0.2) is 47.0 Å². The van der Waals surface area contributed by atoms with E-state index in [0.29, 0.717) is 5.39 Å². The van der Waals surface area contributed by atoms with Crippen LogP contribution in [0.25, 0.3) is 16.6 Å². The summed E-state index contributed by atoms with van der Waals surface area (Å²) in [4.78, 5) is 18.0. The monoisotopic (exact) mass is 323 g/mol. The highest BCUT2D eigenvalue weighted by molar-refractivity contribution is 6.04. The van der Waals surface area contributed by atoms with E-state index in [1.807, 2.05) is 12.1 Å². The maximum absolute atomic E-state index is 11.6. The summed E-state index contributed by atoms with van der Waals surface area (Å²) in [6.45, 7) is 3.28. The van der Waals surface area contributed by atoms with Crippen molar-refractivity contribution < 1.29 is 9.53 Å². The van der Waals surface area contributed by atoms with Crippen molar-refractivity contribution in [3.05, 3.63) is 48.4 Å². The van der Waals surface area contributed by atoms with E-state index in [0.717, 1.165) is 43.2 Å². The van der Waals surface area contributed by atoms with E-state index in [9.17, 15) is 4.79 Å². The summed E-state index contributed by atoms with van der Waals surface area (Å²) in [6.07, 6.45) is 3.31. The second-order valence-electron chi connectivity index (χ2n) is 5.63. The fourth-order valence-electron chi connectivity index (χ4n) is 2.97. The van der Waals surface area contributed by atoms with Crippen LogP contribution in [0.4, 0.5) is 5.69 Å². The van der Waals surface area contributed by atoms with E-state index in [1.54, 1.807) is 23.1 Å². The Hall–Kier alpha value is -2.93. The first-order chi connectivity index (χ1) is 11.7. The molecule has 7 nitrogen and oxygen atoms in total. The van der Waals surface area contributed by atoms with E-state index < -0.39 is 5.91 Å². The average molecular weight is 323 g/mol. The average Bonchev–Trinajstić information content (AvgIpc) is 3.03. The number of carbonyl (C=O) groups excluding carboxylic acids is 1. The highest BCUT2D eigenvalue weighted by atomic mass is 16.5. The minimum atomic E-state index is -0.546. The molecule has 2 N–H and O–H groups in total. The zero-order valence-electron chi connectivity index (χ0n) is 13.1. The summed E-state index contributed by atoms with van der Waals surface area (Å²) < 4.78 is 7.08. The standard InChI is InChI=1S/C17H17N5O2/c18-17(23)16-14-5-6-19-11-15(14)22(20-16)13-3-1-12(2-4-13)21-7-9-24-10-8-21/h1-6,11H,7-10H2,(H2,18,23). The molecule has 3 heterocycles. The molecule has 1 fully saturated rings. The Balaban J connectivity index is 1.73. The molecule has 0 spiro atoms. The van der Waals surface area contributed by atoms with E-state index in [4.69, 9.17) is 10.5 Å². The van der Waals surface area contributed by atoms with Crippen LogP contribution in [0.15, 0.2) is 42.7 Å². The van der Waals surface area contributed by atoms with Crippen LogP contribution < -0.4 is 10.6 Å². The quantitative estimate of drug-likeness (QED) is 0.786. The smallest absolute Gasteiger partial charge is 0.269 e. The lowest BCUT2D eigenvalue weighted by molar-refractivity contribution is 0.0996. The molecule has 0 atom stereocenters. The number of morpholine rings is 1. The fourth-order valence-corrected chi connectivity index (χ4v) is 2.97. The Bertz CT molecular complexity index is 882. The van der Waals surface area contributed by atoms with Gasteiger partial charge in [0, 0.05) is 30.4 Å². The first-order valence-corrected chi connectivity index (χ1v) is 7.80. The number of amides is 1. The van der Waals surface area contributed by atoms with Crippen molar-refractivity contribution in [3.63, 3.8) is 0 Å². The number of ether oxygens (including phenoxy) is 1. The molecule has 0 unspecified atom stereocenters. The topological polar surface area (TPSA) is 86.3 Å². The Morgan fingerprint density at radius 3 is 2.50 bits per heavy atom. The van der Waals surface area contributed by atoms with Crippen molar-refractivity contribution in [2.75, 3.05) is 31.2 Å². The van der Waals surface area contributed by atoms with E-state index in [1.165, 1.54) is 0 Å².